The lowest BCUT2D eigenvalue weighted by Gasteiger charge is -2.12. The van der Waals surface area contributed by atoms with Gasteiger partial charge in [-0.3, -0.25) is 19.8 Å². The summed E-state index contributed by atoms with van der Waals surface area (Å²) in [6.07, 6.45) is 1.13. The molecule has 8 nitrogen and oxygen atoms in total. The average Bonchev–Trinajstić information content (AvgIpc) is 2.86. The molecular formula is C17H12FN3O5. The van der Waals surface area contributed by atoms with Gasteiger partial charge in [-0.1, -0.05) is 18.2 Å². The van der Waals surface area contributed by atoms with Gasteiger partial charge in [0, 0.05) is 23.3 Å². The second kappa shape index (κ2) is 6.63. The van der Waals surface area contributed by atoms with Gasteiger partial charge in [0.1, 0.15) is 17.3 Å². The van der Waals surface area contributed by atoms with Crippen LogP contribution in [0.15, 0.2) is 48.2 Å². The zero-order valence-corrected chi connectivity index (χ0v) is 13.2. The molecule has 1 heterocycles. The standard InChI is InChI=1S/C17H12FN3O5/c18-13-4-2-1-3-10(13)9-20-16(23)14(19-17(20)24)8-11-7-12(21(25)26)5-6-15(11)22/h1-8,22H,9H2,(H,19,24)/b14-8-. The number of imide groups is 1. The molecule has 0 unspecified atom stereocenters. The summed E-state index contributed by atoms with van der Waals surface area (Å²) in [5.74, 6) is -1.58. The Kier molecular flexibility index (Phi) is 4.36. The van der Waals surface area contributed by atoms with Crippen molar-refractivity contribution >= 4 is 23.7 Å². The van der Waals surface area contributed by atoms with E-state index in [2.05, 4.69) is 5.32 Å². The minimum atomic E-state index is -0.755. The van der Waals surface area contributed by atoms with E-state index < -0.39 is 22.7 Å². The van der Waals surface area contributed by atoms with Crippen LogP contribution in [-0.2, 0) is 11.3 Å². The summed E-state index contributed by atoms with van der Waals surface area (Å²) in [4.78, 5) is 35.4. The van der Waals surface area contributed by atoms with E-state index in [9.17, 15) is 29.2 Å². The van der Waals surface area contributed by atoms with Gasteiger partial charge in [-0.15, -0.1) is 0 Å². The van der Waals surface area contributed by atoms with Crippen LogP contribution in [0, 0.1) is 15.9 Å². The molecule has 2 N–H and O–H groups in total. The van der Waals surface area contributed by atoms with Crippen molar-refractivity contribution in [3.63, 3.8) is 0 Å². The highest BCUT2D eigenvalue weighted by Gasteiger charge is 2.34. The third-order valence-corrected chi connectivity index (χ3v) is 3.77. The van der Waals surface area contributed by atoms with Crippen LogP contribution in [0.25, 0.3) is 6.08 Å². The summed E-state index contributed by atoms with van der Waals surface area (Å²) >= 11 is 0. The summed E-state index contributed by atoms with van der Waals surface area (Å²) < 4.78 is 13.7. The third kappa shape index (κ3) is 3.22. The van der Waals surface area contributed by atoms with Gasteiger partial charge in [0.05, 0.1) is 11.5 Å². The summed E-state index contributed by atoms with van der Waals surface area (Å²) in [5, 5.41) is 23.0. The Balaban J connectivity index is 1.89. The Bertz CT molecular complexity index is 957. The second-order valence-corrected chi connectivity index (χ2v) is 5.47. The number of nitrogens with one attached hydrogen (secondary N) is 1. The van der Waals surface area contributed by atoms with Crippen LogP contribution in [-0.4, -0.2) is 26.9 Å². The van der Waals surface area contributed by atoms with Crippen molar-refractivity contribution < 1.29 is 24.0 Å². The Hall–Kier alpha value is -3.75. The first-order valence-electron chi connectivity index (χ1n) is 7.42. The zero-order valence-electron chi connectivity index (χ0n) is 13.2. The van der Waals surface area contributed by atoms with Crippen LogP contribution in [0.2, 0.25) is 0 Å². The highest BCUT2D eigenvalue weighted by Crippen LogP contribution is 2.26. The molecule has 0 saturated carbocycles. The minimum Gasteiger partial charge on any atom is -0.507 e. The maximum absolute atomic E-state index is 13.7. The number of amides is 3. The number of nitro groups is 1. The quantitative estimate of drug-likeness (QED) is 0.378. The number of nitro benzene ring substituents is 1. The molecule has 1 fully saturated rings. The summed E-state index contributed by atoms with van der Waals surface area (Å²) in [7, 11) is 0. The Morgan fingerprint density at radius 2 is 1.96 bits per heavy atom. The molecule has 0 aliphatic carbocycles. The molecule has 9 heteroatoms. The number of nitrogens with zero attached hydrogens (tertiary/aromatic N) is 2. The molecule has 0 radical (unpaired) electrons. The lowest BCUT2D eigenvalue weighted by atomic mass is 10.1. The summed E-state index contributed by atoms with van der Waals surface area (Å²) in [6.45, 7) is -0.268. The molecule has 2 aromatic rings. The lowest BCUT2D eigenvalue weighted by Crippen LogP contribution is -2.30. The number of carbonyl (C=O) groups is 2. The summed E-state index contributed by atoms with van der Waals surface area (Å²) in [5.41, 5.74) is -0.303. The minimum absolute atomic E-state index is 0.00408. The monoisotopic (exact) mass is 357 g/mol. The van der Waals surface area contributed by atoms with E-state index in [4.69, 9.17) is 0 Å². The zero-order chi connectivity index (χ0) is 18.8. The Morgan fingerprint density at radius 1 is 1.23 bits per heavy atom. The van der Waals surface area contributed by atoms with Crippen molar-refractivity contribution in [3.8, 4) is 5.75 Å². The number of phenols is 1. The van der Waals surface area contributed by atoms with E-state index in [0.29, 0.717) is 0 Å². The molecular weight excluding hydrogens is 345 g/mol. The number of rotatable bonds is 4. The Labute approximate surface area is 146 Å². The lowest BCUT2D eigenvalue weighted by molar-refractivity contribution is -0.384. The van der Waals surface area contributed by atoms with Crippen LogP contribution in [0.3, 0.4) is 0 Å². The van der Waals surface area contributed by atoms with Crippen molar-refractivity contribution in [2.45, 2.75) is 6.54 Å². The van der Waals surface area contributed by atoms with Gasteiger partial charge in [-0.2, -0.15) is 0 Å². The molecule has 3 amide bonds. The number of phenolic OH excluding ortho intramolecular Hbond substituents is 1. The molecule has 0 bridgehead atoms. The van der Waals surface area contributed by atoms with E-state index in [-0.39, 0.29) is 34.8 Å². The molecule has 0 aromatic heterocycles. The number of benzene rings is 2. The highest BCUT2D eigenvalue weighted by atomic mass is 19.1. The fourth-order valence-corrected chi connectivity index (χ4v) is 2.44. The molecule has 1 aliphatic heterocycles. The van der Waals surface area contributed by atoms with E-state index in [1.807, 2.05) is 0 Å². The van der Waals surface area contributed by atoms with Crippen molar-refractivity contribution in [1.82, 2.24) is 10.2 Å². The number of aromatic hydroxyl groups is 1. The van der Waals surface area contributed by atoms with Crippen LogP contribution in [0.5, 0.6) is 5.75 Å². The fourth-order valence-electron chi connectivity index (χ4n) is 2.44. The number of hydrogen-bond acceptors (Lipinski definition) is 5. The Morgan fingerprint density at radius 3 is 2.65 bits per heavy atom. The number of urea groups is 1. The summed E-state index contributed by atoms with van der Waals surface area (Å²) in [6, 6.07) is 8.27. The van der Waals surface area contributed by atoms with E-state index in [1.54, 1.807) is 6.07 Å². The van der Waals surface area contributed by atoms with Crippen LogP contribution < -0.4 is 5.32 Å². The van der Waals surface area contributed by atoms with Gasteiger partial charge >= 0.3 is 6.03 Å². The SMILES string of the molecule is O=C1N/C(=C\c2cc([N+](=O)[O-])ccc2O)C(=O)N1Cc1ccccc1F. The molecule has 1 aliphatic rings. The van der Waals surface area contributed by atoms with E-state index >= 15 is 0 Å². The first-order valence-corrected chi connectivity index (χ1v) is 7.42. The molecule has 1 saturated heterocycles. The predicted octanol–water partition coefficient (Wildman–Crippen LogP) is 2.53. The van der Waals surface area contributed by atoms with Gasteiger partial charge in [0.25, 0.3) is 11.6 Å². The number of non-ortho nitro benzene ring substituents is 1. The number of hydrogen-bond donors (Lipinski definition) is 2. The van der Waals surface area contributed by atoms with Crippen LogP contribution >= 0.6 is 0 Å². The topological polar surface area (TPSA) is 113 Å². The molecule has 0 spiro atoms. The second-order valence-electron chi connectivity index (χ2n) is 5.47. The van der Waals surface area contributed by atoms with Crippen molar-refractivity contribution in [2.75, 3.05) is 0 Å². The van der Waals surface area contributed by atoms with Crippen LogP contribution in [0.1, 0.15) is 11.1 Å². The van der Waals surface area contributed by atoms with E-state index in [0.717, 1.165) is 29.2 Å². The number of halogens is 1. The highest BCUT2D eigenvalue weighted by molar-refractivity contribution is 6.14. The molecule has 3 rings (SSSR count). The molecule has 26 heavy (non-hydrogen) atoms. The predicted molar refractivity (Wildman–Crippen MR) is 88.2 cm³/mol. The maximum Gasteiger partial charge on any atom is 0.329 e. The smallest absolute Gasteiger partial charge is 0.329 e. The molecule has 132 valence electrons. The van der Waals surface area contributed by atoms with Gasteiger partial charge < -0.3 is 10.4 Å². The van der Waals surface area contributed by atoms with Gasteiger partial charge in [-0.05, 0) is 18.2 Å². The number of carbonyl (C=O) groups excluding carboxylic acids is 2. The first-order chi connectivity index (χ1) is 12.4. The largest absolute Gasteiger partial charge is 0.507 e. The molecule has 0 atom stereocenters. The third-order valence-electron chi connectivity index (χ3n) is 3.77. The average molecular weight is 357 g/mol. The van der Waals surface area contributed by atoms with E-state index in [1.165, 1.54) is 18.2 Å². The van der Waals surface area contributed by atoms with Crippen molar-refractivity contribution in [2.24, 2.45) is 0 Å². The maximum atomic E-state index is 13.7. The molecule has 2 aromatic carbocycles. The van der Waals surface area contributed by atoms with Crippen molar-refractivity contribution in [1.29, 1.82) is 0 Å². The first kappa shape index (κ1) is 17.1. The van der Waals surface area contributed by atoms with Gasteiger partial charge in [-0.25, -0.2) is 9.18 Å². The van der Waals surface area contributed by atoms with Gasteiger partial charge in [0.2, 0.25) is 0 Å². The fraction of sp³-hybridized carbons (Fsp3) is 0.0588. The van der Waals surface area contributed by atoms with Crippen LogP contribution in [0.4, 0.5) is 14.9 Å². The normalized spacial score (nSPS) is 15.4. The van der Waals surface area contributed by atoms with Gasteiger partial charge in [0.15, 0.2) is 0 Å². The van der Waals surface area contributed by atoms with Crippen molar-refractivity contribution in [3.05, 3.63) is 75.2 Å².